The number of benzene rings is 2. The van der Waals surface area contributed by atoms with E-state index < -0.39 is 0 Å². The molecule has 0 aliphatic rings. The minimum absolute atomic E-state index is 0.241. The quantitative estimate of drug-likeness (QED) is 0.524. The van der Waals surface area contributed by atoms with Gasteiger partial charge in [-0.05, 0) is 48.9 Å². The molecule has 1 N–H and O–H groups in total. The van der Waals surface area contributed by atoms with Crippen LogP contribution in [0.3, 0.4) is 0 Å². The number of hydrogen-bond acceptors (Lipinski definition) is 4. The second-order valence-corrected chi connectivity index (χ2v) is 5.96. The smallest absolute Gasteiger partial charge is 0.338 e. The summed E-state index contributed by atoms with van der Waals surface area (Å²) in [5.74, 6) is 0.0389. The molecule has 2 aromatic carbocycles. The lowest BCUT2D eigenvalue weighted by Gasteiger charge is -2.08. The van der Waals surface area contributed by atoms with Crippen LogP contribution in [0, 0.1) is 0 Å². The first kappa shape index (κ1) is 19.5. The van der Waals surface area contributed by atoms with Crippen molar-refractivity contribution in [2.45, 2.75) is 32.6 Å². The van der Waals surface area contributed by atoms with Gasteiger partial charge in [0.1, 0.15) is 5.75 Å². The summed E-state index contributed by atoms with van der Waals surface area (Å²) < 4.78 is 10.4. The average molecular weight is 355 g/mol. The predicted molar refractivity (Wildman–Crippen MR) is 102 cm³/mol. The van der Waals surface area contributed by atoms with E-state index in [1.165, 1.54) is 0 Å². The van der Waals surface area contributed by atoms with Gasteiger partial charge in [0.05, 0.1) is 19.3 Å². The number of nitrogens with one attached hydrogen (secondary N) is 1. The molecule has 0 bridgehead atoms. The Labute approximate surface area is 154 Å². The van der Waals surface area contributed by atoms with E-state index in [0.717, 1.165) is 25.7 Å². The van der Waals surface area contributed by atoms with Crippen molar-refractivity contribution in [3.63, 3.8) is 0 Å². The van der Waals surface area contributed by atoms with Gasteiger partial charge in [-0.1, -0.05) is 32.3 Å². The molecule has 0 saturated heterocycles. The maximum Gasteiger partial charge on any atom is 0.338 e. The molecule has 0 aromatic heterocycles. The summed E-state index contributed by atoms with van der Waals surface area (Å²) in [4.78, 5) is 24.2. The first-order valence-corrected chi connectivity index (χ1v) is 8.86. The van der Waals surface area contributed by atoms with Crippen molar-refractivity contribution in [2.75, 3.05) is 19.0 Å². The maximum absolute atomic E-state index is 12.3. The van der Waals surface area contributed by atoms with Crippen molar-refractivity contribution >= 4 is 17.6 Å². The lowest BCUT2D eigenvalue weighted by atomic mass is 10.1. The van der Waals surface area contributed by atoms with E-state index in [4.69, 9.17) is 9.47 Å². The van der Waals surface area contributed by atoms with E-state index in [0.29, 0.717) is 29.2 Å². The normalized spacial score (nSPS) is 10.2. The third-order valence-corrected chi connectivity index (χ3v) is 3.94. The summed E-state index contributed by atoms with van der Waals surface area (Å²) in [6.07, 6.45) is 4.25. The molecule has 0 aliphatic heterocycles. The first-order valence-electron chi connectivity index (χ1n) is 8.86. The van der Waals surface area contributed by atoms with Gasteiger partial charge in [0.2, 0.25) is 0 Å². The fourth-order valence-electron chi connectivity index (χ4n) is 2.43. The number of ether oxygens (including phenoxy) is 2. The fraction of sp³-hybridized carbons (Fsp3) is 0.333. The third-order valence-electron chi connectivity index (χ3n) is 3.94. The van der Waals surface area contributed by atoms with Crippen molar-refractivity contribution in [3.8, 4) is 5.75 Å². The zero-order chi connectivity index (χ0) is 18.8. The van der Waals surface area contributed by atoms with E-state index in [1.54, 1.807) is 55.6 Å². The van der Waals surface area contributed by atoms with Crippen LogP contribution < -0.4 is 10.1 Å². The molecule has 5 heteroatoms. The van der Waals surface area contributed by atoms with Crippen LogP contribution in [-0.2, 0) is 4.74 Å². The zero-order valence-electron chi connectivity index (χ0n) is 15.3. The molecule has 0 aliphatic carbocycles. The highest BCUT2D eigenvalue weighted by Crippen LogP contribution is 2.16. The number of carbonyl (C=O) groups excluding carboxylic acids is 2. The summed E-state index contributed by atoms with van der Waals surface area (Å²) in [5, 5.41) is 2.80. The highest BCUT2D eigenvalue weighted by Gasteiger charge is 2.09. The lowest BCUT2D eigenvalue weighted by Crippen LogP contribution is -2.12. The predicted octanol–water partition coefficient (Wildman–Crippen LogP) is 4.68. The summed E-state index contributed by atoms with van der Waals surface area (Å²) in [6.45, 7) is 2.58. The highest BCUT2D eigenvalue weighted by atomic mass is 16.5. The maximum atomic E-state index is 12.3. The molecule has 0 spiro atoms. The molecular weight excluding hydrogens is 330 g/mol. The minimum atomic E-state index is -0.341. The van der Waals surface area contributed by atoms with E-state index in [-0.39, 0.29) is 11.9 Å². The Bertz CT molecular complexity index is 725. The summed E-state index contributed by atoms with van der Waals surface area (Å²) in [7, 11) is 1.55. The summed E-state index contributed by atoms with van der Waals surface area (Å²) in [6, 6.07) is 13.6. The van der Waals surface area contributed by atoms with Gasteiger partial charge in [0.15, 0.2) is 0 Å². The summed E-state index contributed by atoms with van der Waals surface area (Å²) >= 11 is 0. The van der Waals surface area contributed by atoms with Gasteiger partial charge < -0.3 is 14.8 Å². The number of carbonyl (C=O) groups is 2. The molecule has 0 unspecified atom stereocenters. The SMILES string of the molecule is CCCCCCOC(=O)c1ccc(NC(=O)c2cccc(OC)c2)cc1. The van der Waals surface area contributed by atoms with Gasteiger partial charge in [0, 0.05) is 11.3 Å². The van der Waals surface area contributed by atoms with E-state index in [2.05, 4.69) is 12.2 Å². The Morgan fingerprint density at radius 1 is 0.962 bits per heavy atom. The van der Waals surface area contributed by atoms with Gasteiger partial charge in [-0.3, -0.25) is 4.79 Å². The van der Waals surface area contributed by atoms with Crippen LogP contribution in [0.5, 0.6) is 5.75 Å². The van der Waals surface area contributed by atoms with Crippen LogP contribution in [0.15, 0.2) is 48.5 Å². The highest BCUT2D eigenvalue weighted by molar-refractivity contribution is 6.04. The van der Waals surface area contributed by atoms with Gasteiger partial charge in [-0.15, -0.1) is 0 Å². The molecule has 0 heterocycles. The number of amides is 1. The first-order chi connectivity index (χ1) is 12.6. The summed E-state index contributed by atoms with van der Waals surface area (Å²) in [5.41, 5.74) is 1.58. The van der Waals surface area contributed by atoms with Crippen molar-refractivity contribution in [2.24, 2.45) is 0 Å². The Kier molecular flexibility index (Phi) is 7.68. The second-order valence-electron chi connectivity index (χ2n) is 5.96. The molecule has 0 atom stereocenters. The van der Waals surface area contributed by atoms with Crippen LogP contribution in [0.4, 0.5) is 5.69 Å². The molecule has 1 amide bonds. The lowest BCUT2D eigenvalue weighted by molar-refractivity contribution is 0.0498. The molecule has 26 heavy (non-hydrogen) atoms. The minimum Gasteiger partial charge on any atom is -0.497 e. The molecule has 0 radical (unpaired) electrons. The number of anilines is 1. The van der Waals surface area contributed by atoms with Crippen LogP contribution >= 0.6 is 0 Å². The number of rotatable bonds is 9. The Morgan fingerprint density at radius 3 is 2.42 bits per heavy atom. The number of hydrogen-bond donors (Lipinski definition) is 1. The van der Waals surface area contributed by atoms with Gasteiger partial charge in [-0.2, -0.15) is 0 Å². The van der Waals surface area contributed by atoms with Crippen molar-refractivity contribution in [3.05, 3.63) is 59.7 Å². The van der Waals surface area contributed by atoms with Crippen molar-refractivity contribution in [1.29, 1.82) is 0 Å². The Morgan fingerprint density at radius 2 is 1.73 bits per heavy atom. The average Bonchev–Trinajstić information content (AvgIpc) is 2.68. The van der Waals surface area contributed by atoms with E-state index in [9.17, 15) is 9.59 Å². The largest absolute Gasteiger partial charge is 0.497 e. The van der Waals surface area contributed by atoms with Crippen molar-refractivity contribution < 1.29 is 19.1 Å². The standard InChI is InChI=1S/C21H25NO4/c1-3-4-5-6-14-26-21(24)16-10-12-18(13-11-16)22-20(23)17-8-7-9-19(15-17)25-2/h7-13,15H,3-6,14H2,1-2H3,(H,22,23). The van der Waals surface area contributed by atoms with Gasteiger partial charge >= 0.3 is 5.97 Å². The molecular formula is C21H25NO4. The van der Waals surface area contributed by atoms with Crippen LogP contribution in [0.25, 0.3) is 0 Å². The Hall–Kier alpha value is -2.82. The van der Waals surface area contributed by atoms with Crippen molar-refractivity contribution in [1.82, 2.24) is 0 Å². The zero-order valence-corrected chi connectivity index (χ0v) is 15.3. The van der Waals surface area contributed by atoms with Gasteiger partial charge in [-0.25, -0.2) is 4.79 Å². The van der Waals surface area contributed by atoms with E-state index >= 15 is 0 Å². The van der Waals surface area contributed by atoms with Crippen LogP contribution in [-0.4, -0.2) is 25.6 Å². The number of methoxy groups -OCH3 is 1. The Balaban J connectivity index is 1.88. The monoisotopic (exact) mass is 355 g/mol. The van der Waals surface area contributed by atoms with E-state index in [1.807, 2.05) is 0 Å². The molecule has 0 saturated carbocycles. The molecule has 138 valence electrons. The fourth-order valence-corrected chi connectivity index (χ4v) is 2.43. The molecule has 2 aromatic rings. The third kappa shape index (κ3) is 5.92. The van der Waals surface area contributed by atoms with Gasteiger partial charge in [0.25, 0.3) is 5.91 Å². The number of esters is 1. The topological polar surface area (TPSA) is 64.6 Å². The molecule has 0 fully saturated rings. The number of unbranched alkanes of at least 4 members (excludes halogenated alkanes) is 3. The molecule has 5 nitrogen and oxygen atoms in total. The molecule has 2 rings (SSSR count). The van der Waals surface area contributed by atoms with Crippen LogP contribution in [0.2, 0.25) is 0 Å². The van der Waals surface area contributed by atoms with Crippen LogP contribution in [0.1, 0.15) is 53.3 Å². The second kappa shape index (κ2) is 10.2.